The van der Waals surface area contributed by atoms with Crippen LogP contribution in [0.1, 0.15) is 26.4 Å². The van der Waals surface area contributed by atoms with E-state index in [1.807, 2.05) is 0 Å². The number of hydrogen-bond acceptors (Lipinski definition) is 3. The maximum absolute atomic E-state index is 13.6. The Morgan fingerprint density at radius 2 is 2.11 bits per heavy atom. The Hall–Kier alpha value is -2.70. The molecule has 0 atom stereocenters. The number of nitrogens with one attached hydrogen (secondary N) is 2. The quantitative estimate of drug-likeness (QED) is 0.787. The lowest BCUT2D eigenvalue weighted by Crippen LogP contribution is -2.14. The number of carbonyl (C=O) groups excluding carboxylic acids is 1. The van der Waals surface area contributed by atoms with E-state index in [2.05, 4.69) is 15.5 Å². The Morgan fingerprint density at radius 3 is 2.68 bits per heavy atom. The van der Waals surface area contributed by atoms with Crippen molar-refractivity contribution >= 4 is 17.7 Å². The van der Waals surface area contributed by atoms with Gasteiger partial charge in [-0.3, -0.25) is 9.89 Å². The van der Waals surface area contributed by atoms with Crippen LogP contribution in [-0.2, 0) is 0 Å². The number of rotatable bonds is 3. The first kappa shape index (κ1) is 12.7. The van der Waals surface area contributed by atoms with Crippen molar-refractivity contribution in [3.8, 4) is 0 Å². The van der Waals surface area contributed by atoms with Gasteiger partial charge in [0, 0.05) is 6.07 Å². The lowest BCUT2D eigenvalue weighted by Gasteiger charge is -2.03. The van der Waals surface area contributed by atoms with Crippen molar-refractivity contribution in [2.45, 2.75) is 6.92 Å². The van der Waals surface area contributed by atoms with Gasteiger partial charge in [-0.25, -0.2) is 9.18 Å². The van der Waals surface area contributed by atoms with Crippen molar-refractivity contribution in [1.29, 1.82) is 0 Å². The molecule has 7 heteroatoms. The van der Waals surface area contributed by atoms with E-state index in [1.54, 1.807) is 13.0 Å². The van der Waals surface area contributed by atoms with Gasteiger partial charge in [0.2, 0.25) is 0 Å². The Balaban J connectivity index is 2.18. The highest BCUT2D eigenvalue weighted by molar-refractivity contribution is 6.04. The molecule has 2 rings (SSSR count). The molecule has 0 radical (unpaired) electrons. The smallest absolute Gasteiger partial charge is 0.353 e. The SMILES string of the molecule is Cc1ccc(C(=O)Nc2cc(C(=O)O)[nH]n2)c(F)c1. The number of nitrogens with zero attached hydrogens (tertiary/aromatic N) is 1. The second kappa shape index (κ2) is 4.89. The number of H-pyrrole nitrogens is 1. The summed E-state index contributed by atoms with van der Waals surface area (Å²) in [6.45, 7) is 1.71. The molecule has 2 aromatic rings. The molecule has 0 saturated heterocycles. The fraction of sp³-hybridized carbons (Fsp3) is 0.0833. The number of aromatic nitrogens is 2. The number of aromatic amines is 1. The zero-order valence-electron chi connectivity index (χ0n) is 9.90. The van der Waals surface area contributed by atoms with E-state index in [9.17, 15) is 14.0 Å². The van der Waals surface area contributed by atoms with Crippen LogP contribution in [-0.4, -0.2) is 27.2 Å². The van der Waals surface area contributed by atoms with Crippen LogP contribution in [0.15, 0.2) is 24.3 Å². The van der Waals surface area contributed by atoms with Crippen molar-refractivity contribution < 1.29 is 19.1 Å². The van der Waals surface area contributed by atoms with Crippen molar-refractivity contribution in [1.82, 2.24) is 10.2 Å². The molecule has 0 aliphatic carbocycles. The van der Waals surface area contributed by atoms with Gasteiger partial charge >= 0.3 is 5.97 Å². The van der Waals surface area contributed by atoms with E-state index in [1.165, 1.54) is 12.1 Å². The summed E-state index contributed by atoms with van der Waals surface area (Å²) in [5.41, 5.74) is 0.395. The predicted octanol–water partition coefficient (Wildman–Crippen LogP) is 1.81. The van der Waals surface area contributed by atoms with E-state index in [4.69, 9.17) is 5.11 Å². The zero-order valence-corrected chi connectivity index (χ0v) is 9.90. The number of anilines is 1. The third kappa shape index (κ3) is 2.76. The van der Waals surface area contributed by atoms with Gasteiger partial charge in [-0.05, 0) is 24.6 Å². The number of aromatic carboxylic acids is 1. The predicted molar refractivity (Wildman–Crippen MR) is 64.6 cm³/mol. The third-order valence-electron chi connectivity index (χ3n) is 2.42. The van der Waals surface area contributed by atoms with Gasteiger partial charge in [0.25, 0.3) is 5.91 Å². The highest BCUT2D eigenvalue weighted by Crippen LogP contribution is 2.13. The molecule has 0 fully saturated rings. The first-order valence-corrected chi connectivity index (χ1v) is 5.33. The first-order valence-electron chi connectivity index (χ1n) is 5.33. The summed E-state index contributed by atoms with van der Waals surface area (Å²) >= 11 is 0. The van der Waals surface area contributed by atoms with Crippen molar-refractivity contribution in [2.24, 2.45) is 0 Å². The van der Waals surface area contributed by atoms with E-state index in [0.717, 1.165) is 6.07 Å². The average Bonchev–Trinajstić information content (AvgIpc) is 2.77. The summed E-state index contributed by atoms with van der Waals surface area (Å²) in [5.74, 6) is -2.52. The Labute approximate surface area is 107 Å². The van der Waals surface area contributed by atoms with Gasteiger partial charge in [0.15, 0.2) is 5.82 Å². The minimum Gasteiger partial charge on any atom is -0.477 e. The second-order valence-electron chi connectivity index (χ2n) is 3.91. The van der Waals surface area contributed by atoms with Crippen LogP contribution in [0.25, 0.3) is 0 Å². The maximum atomic E-state index is 13.6. The van der Waals surface area contributed by atoms with Gasteiger partial charge in [-0.2, -0.15) is 5.10 Å². The molecule has 0 bridgehead atoms. The van der Waals surface area contributed by atoms with Gasteiger partial charge < -0.3 is 10.4 Å². The van der Waals surface area contributed by atoms with Gasteiger partial charge in [-0.15, -0.1) is 0 Å². The number of carboxylic acids is 1. The summed E-state index contributed by atoms with van der Waals surface area (Å²) in [6, 6.07) is 5.34. The number of carbonyl (C=O) groups is 2. The van der Waals surface area contributed by atoms with Crippen molar-refractivity contribution in [2.75, 3.05) is 5.32 Å². The highest BCUT2D eigenvalue weighted by atomic mass is 19.1. The van der Waals surface area contributed by atoms with Crippen molar-refractivity contribution in [3.05, 3.63) is 46.9 Å². The van der Waals surface area contributed by atoms with E-state index < -0.39 is 17.7 Å². The molecule has 0 unspecified atom stereocenters. The average molecular weight is 263 g/mol. The molecule has 0 saturated carbocycles. The molecule has 1 heterocycles. The largest absolute Gasteiger partial charge is 0.477 e. The molecule has 6 nitrogen and oxygen atoms in total. The van der Waals surface area contributed by atoms with Crippen LogP contribution in [0.2, 0.25) is 0 Å². The zero-order chi connectivity index (χ0) is 14.0. The Kier molecular flexibility index (Phi) is 3.28. The molecule has 0 aliphatic heterocycles. The van der Waals surface area contributed by atoms with Gasteiger partial charge in [0.1, 0.15) is 11.5 Å². The number of amides is 1. The molecule has 98 valence electrons. The molecule has 1 amide bonds. The second-order valence-corrected chi connectivity index (χ2v) is 3.91. The minimum absolute atomic E-state index is 0.0161. The molecule has 0 aliphatic rings. The minimum atomic E-state index is -1.20. The lowest BCUT2D eigenvalue weighted by molar-refractivity contribution is 0.0690. The van der Waals surface area contributed by atoms with E-state index in [0.29, 0.717) is 5.56 Å². The van der Waals surface area contributed by atoms with Crippen molar-refractivity contribution in [3.63, 3.8) is 0 Å². The normalized spacial score (nSPS) is 10.2. The lowest BCUT2D eigenvalue weighted by atomic mass is 10.1. The maximum Gasteiger partial charge on any atom is 0.353 e. The number of benzene rings is 1. The standard InChI is InChI=1S/C12H10FN3O3/c1-6-2-3-7(8(13)4-6)11(17)14-10-5-9(12(18)19)15-16-10/h2-5H,1H3,(H,18,19)(H2,14,15,16,17). The number of carboxylic acid groups (broad SMARTS) is 1. The van der Waals surface area contributed by atoms with Crippen LogP contribution in [0.5, 0.6) is 0 Å². The molecule has 0 spiro atoms. The van der Waals surface area contributed by atoms with Crippen LogP contribution in [0.3, 0.4) is 0 Å². The number of aryl methyl sites for hydroxylation is 1. The Morgan fingerprint density at radius 1 is 1.37 bits per heavy atom. The summed E-state index contributed by atoms with van der Waals surface area (Å²) in [4.78, 5) is 22.4. The Bertz CT molecular complexity index is 651. The van der Waals surface area contributed by atoms with E-state index >= 15 is 0 Å². The monoisotopic (exact) mass is 263 g/mol. The number of hydrogen-bond donors (Lipinski definition) is 3. The first-order chi connectivity index (χ1) is 8.97. The summed E-state index contributed by atoms with van der Waals surface area (Å²) in [7, 11) is 0. The van der Waals surface area contributed by atoms with Crippen LogP contribution >= 0.6 is 0 Å². The fourth-order valence-electron chi connectivity index (χ4n) is 1.48. The third-order valence-corrected chi connectivity index (χ3v) is 2.42. The summed E-state index contributed by atoms with van der Waals surface area (Å²) in [5, 5.41) is 16.8. The topological polar surface area (TPSA) is 95.1 Å². The summed E-state index contributed by atoms with van der Waals surface area (Å²) in [6.07, 6.45) is 0. The molecular formula is C12H10FN3O3. The van der Waals surface area contributed by atoms with E-state index in [-0.39, 0.29) is 17.1 Å². The summed E-state index contributed by atoms with van der Waals surface area (Å²) < 4.78 is 13.6. The molecule has 1 aromatic heterocycles. The molecule has 1 aromatic carbocycles. The van der Waals surface area contributed by atoms with Crippen LogP contribution < -0.4 is 5.32 Å². The van der Waals surface area contributed by atoms with Crippen LogP contribution in [0, 0.1) is 12.7 Å². The number of halogens is 1. The fourth-order valence-corrected chi connectivity index (χ4v) is 1.48. The van der Waals surface area contributed by atoms with Gasteiger partial charge in [-0.1, -0.05) is 6.07 Å². The molecule has 3 N–H and O–H groups in total. The molecule has 19 heavy (non-hydrogen) atoms. The highest BCUT2D eigenvalue weighted by Gasteiger charge is 2.14. The van der Waals surface area contributed by atoms with Gasteiger partial charge in [0.05, 0.1) is 5.56 Å². The van der Waals surface area contributed by atoms with Crippen LogP contribution in [0.4, 0.5) is 10.2 Å². The molecular weight excluding hydrogens is 253 g/mol.